The van der Waals surface area contributed by atoms with Crippen molar-refractivity contribution in [1.82, 2.24) is 10.2 Å². The number of likely N-dealkylation sites (N-methyl/N-ethyl adjacent to an activating group) is 1. The van der Waals surface area contributed by atoms with Crippen LogP contribution in [0.2, 0.25) is 0 Å². The minimum Gasteiger partial charge on any atom is -0.351 e. The summed E-state index contributed by atoms with van der Waals surface area (Å²) in [5.41, 5.74) is 0.673. The lowest BCUT2D eigenvalue weighted by Crippen LogP contribution is -2.31. The van der Waals surface area contributed by atoms with Crippen molar-refractivity contribution in [2.24, 2.45) is 0 Å². The van der Waals surface area contributed by atoms with E-state index < -0.39 is 0 Å². The van der Waals surface area contributed by atoms with E-state index in [1.54, 1.807) is 12.1 Å². The average molecular weight is 224 g/mol. The van der Waals surface area contributed by atoms with Crippen molar-refractivity contribution in [3.05, 3.63) is 29.8 Å². The monoisotopic (exact) mass is 224 g/mol. The van der Waals surface area contributed by atoms with Crippen LogP contribution >= 0.6 is 12.6 Å². The van der Waals surface area contributed by atoms with E-state index in [0.29, 0.717) is 12.1 Å². The molecule has 0 heterocycles. The van der Waals surface area contributed by atoms with Crippen LogP contribution in [-0.4, -0.2) is 38.0 Å². The third kappa shape index (κ3) is 4.36. The largest absolute Gasteiger partial charge is 0.351 e. The molecule has 0 atom stereocenters. The zero-order chi connectivity index (χ0) is 11.3. The van der Waals surface area contributed by atoms with E-state index in [4.69, 9.17) is 0 Å². The summed E-state index contributed by atoms with van der Waals surface area (Å²) in [6, 6.07) is 7.16. The van der Waals surface area contributed by atoms with Gasteiger partial charge in [0.15, 0.2) is 0 Å². The molecule has 0 radical (unpaired) electrons. The molecule has 1 aromatic rings. The van der Waals surface area contributed by atoms with Crippen molar-refractivity contribution >= 4 is 18.5 Å². The van der Waals surface area contributed by atoms with Crippen LogP contribution in [0.3, 0.4) is 0 Å². The Balaban J connectivity index is 2.43. The molecule has 4 heteroatoms. The minimum atomic E-state index is -0.0369. The molecule has 0 aliphatic heterocycles. The van der Waals surface area contributed by atoms with Gasteiger partial charge in [0.25, 0.3) is 5.91 Å². The van der Waals surface area contributed by atoms with Crippen molar-refractivity contribution in [1.29, 1.82) is 0 Å². The zero-order valence-electron chi connectivity index (χ0n) is 9.03. The Morgan fingerprint density at radius 2 is 1.93 bits per heavy atom. The SMILES string of the molecule is CN(C)CCNC(=O)c1ccc(S)cc1. The molecule has 0 saturated heterocycles. The van der Waals surface area contributed by atoms with Crippen LogP contribution in [0.4, 0.5) is 0 Å². The van der Waals surface area contributed by atoms with E-state index in [-0.39, 0.29) is 5.91 Å². The fraction of sp³-hybridized carbons (Fsp3) is 0.364. The van der Waals surface area contributed by atoms with E-state index in [9.17, 15) is 4.79 Å². The maximum Gasteiger partial charge on any atom is 0.251 e. The molecule has 1 rings (SSSR count). The van der Waals surface area contributed by atoms with Crippen molar-refractivity contribution < 1.29 is 4.79 Å². The number of nitrogens with one attached hydrogen (secondary N) is 1. The number of carbonyl (C=O) groups excluding carboxylic acids is 1. The Morgan fingerprint density at radius 3 is 2.47 bits per heavy atom. The number of amides is 1. The molecule has 3 nitrogen and oxygen atoms in total. The van der Waals surface area contributed by atoms with E-state index in [1.165, 1.54) is 0 Å². The summed E-state index contributed by atoms with van der Waals surface area (Å²) in [6.45, 7) is 1.50. The second-order valence-corrected chi connectivity index (χ2v) is 4.12. The summed E-state index contributed by atoms with van der Waals surface area (Å²) in [5.74, 6) is -0.0369. The van der Waals surface area contributed by atoms with Gasteiger partial charge in [0, 0.05) is 23.5 Å². The summed E-state index contributed by atoms with van der Waals surface area (Å²) in [6.07, 6.45) is 0. The summed E-state index contributed by atoms with van der Waals surface area (Å²) in [7, 11) is 3.95. The van der Waals surface area contributed by atoms with E-state index in [1.807, 2.05) is 31.1 Å². The second-order valence-electron chi connectivity index (χ2n) is 3.61. The lowest BCUT2D eigenvalue weighted by atomic mass is 10.2. The van der Waals surface area contributed by atoms with Crippen LogP contribution in [-0.2, 0) is 0 Å². The van der Waals surface area contributed by atoms with Gasteiger partial charge in [-0.3, -0.25) is 4.79 Å². The first-order chi connectivity index (χ1) is 7.09. The smallest absolute Gasteiger partial charge is 0.251 e. The van der Waals surface area contributed by atoms with Gasteiger partial charge in [0.05, 0.1) is 0 Å². The molecule has 82 valence electrons. The topological polar surface area (TPSA) is 32.3 Å². The lowest BCUT2D eigenvalue weighted by Gasteiger charge is -2.10. The predicted octanol–water partition coefficient (Wildman–Crippen LogP) is 1.27. The van der Waals surface area contributed by atoms with Gasteiger partial charge in [-0.15, -0.1) is 12.6 Å². The maximum atomic E-state index is 11.6. The van der Waals surface area contributed by atoms with Crippen molar-refractivity contribution in [3.8, 4) is 0 Å². The summed E-state index contributed by atoms with van der Waals surface area (Å²) in [5, 5.41) is 2.84. The van der Waals surface area contributed by atoms with Crippen LogP contribution in [0.25, 0.3) is 0 Å². The van der Waals surface area contributed by atoms with Crippen LogP contribution in [0.1, 0.15) is 10.4 Å². The second kappa shape index (κ2) is 5.78. The van der Waals surface area contributed by atoms with Crippen LogP contribution in [0, 0.1) is 0 Å². The van der Waals surface area contributed by atoms with Crippen LogP contribution in [0.5, 0.6) is 0 Å². The highest BCUT2D eigenvalue weighted by molar-refractivity contribution is 7.80. The molecule has 0 fully saturated rings. The van der Waals surface area contributed by atoms with Crippen molar-refractivity contribution in [3.63, 3.8) is 0 Å². The molecule has 0 saturated carbocycles. The third-order valence-electron chi connectivity index (χ3n) is 1.97. The molecule has 0 aromatic heterocycles. The molecule has 0 aliphatic carbocycles. The number of carbonyl (C=O) groups is 1. The lowest BCUT2D eigenvalue weighted by molar-refractivity contribution is 0.0951. The number of hydrogen-bond donors (Lipinski definition) is 2. The fourth-order valence-corrected chi connectivity index (χ4v) is 1.26. The van der Waals surface area contributed by atoms with Gasteiger partial charge in [0.1, 0.15) is 0 Å². The number of nitrogens with zero attached hydrogens (tertiary/aromatic N) is 1. The van der Waals surface area contributed by atoms with Gasteiger partial charge in [-0.1, -0.05) is 0 Å². The molecule has 0 unspecified atom stereocenters. The first kappa shape index (κ1) is 12.1. The summed E-state index contributed by atoms with van der Waals surface area (Å²) in [4.78, 5) is 14.5. The highest BCUT2D eigenvalue weighted by Gasteiger charge is 2.03. The van der Waals surface area contributed by atoms with Gasteiger partial charge in [-0.2, -0.15) is 0 Å². The maximum absolute atomic E-state index is 11.6. The summed E-state index contributed by atoms with van der Waals surface area (Å²) >= 11 is 4.16. The highest BCUT2D eigenvalue weighted by atomic mass is 32.1. The quantitative estimate of drug-likeness (QED) is 0.755. The Morgan fingerprint density at radius 1 is 1.33 bits per heavy atom. The van der Waals surface area contributed by atoms with E-state index in [0.717, 1.165) is 11.4 Å². The molecular weight excluding hydrogens is 208 g/mol. The van der Waals surface area contributed by atoms with Gasteiger partial charge in [0.2, 0.25) is 0 Å². The van der Waals surface area contributed by atoms with Gasteiger partial charge in [-0.25, -0.2) is 0 Å². The van der Waals surface area contributed by atoms with Crippen molar-refractivity contribution in [2.45, 2.75) is 4.90 Å². The Labute approximate surface area is 95.9 Å². The zero-order valence-corrected chi connectivity index (χ0v) is 9.92. The van der Waals surface area contributed by atoms with Crippen molar-refractivity contribution in [2.75, 3.05) is 27.2 Å². The number of thiol groups is 1. The normalized spacial score (nSPS) is 10.4. The number of benzene rings is 1. The van der Waals surface area contributed by atoms with Gasteiger partial charge >= 0.3 is 0 Å². The minimum absolute atomic E-state index is 0.0369. The number of hydrogen-bond acceptors (Lipinski definition) is 3. The first-order valence-electron chi connectivity index (χ1n) is 4.81. The van der Waals surface area contributed by atoms with Crippen LogP contribution in [0.15, 0.2) is 29.2 Å². The molecule has 0 bridgehead atoms. The fourth-order valence-electron chi connectivity index (χ4n) is 1.11. The Hall–Kier alpha value is -1.00. The predicted molar refractivity (Wildman–Crippen MR) is 64.6 cm³/mol. The number of rotatable bonds is 4. The van der Waals surface area contributed by atoms with Crippen LogP contribution < -0.4 is 5.32 Å². The highest BCUT2D eigenvalue weighted by Crippen LogP contribution is 2.07. The van der Waals surface area contributed by atoms with Gasteiger partial charge < -0.3 is 10.2 Å². The molecule has 1 N–H and O–H groups in total. The standard InChI is InChI=1S/C11H16N2OS/c1-13(2)8-7-12-11(14)9-3-5-10(15)6-4-9/h3-6,15H,7-8H2,1-2H3,(H,12,14). The molecular formula is C11H16N2OS. The molecule has 0 spiro atoms. The van der Waals surface area contributed by atoms with E-state index in [2.05, 4.69) is 17.9 Å². The third-order valence-corrected chi connectivity index (χ3v) is 2.27. The summed E-state index contributed by atoms with van der Waals surface area (Å²) < 4.78 is 0. The molecule has 15 heavy (non-hydrogen) atoms. The van der Waals surface area contributed by atoms with Gasteiger partial charge in [-0.05, 0) is 38.4 Å². The first-order valence-corrected chi connectivity index (χ1v) is 5.26. The molecule has 0 aliphatic rings. The Kier molecular flexibility index (Phi) is 4.65. The Bertz CT molecular complexity index is 322. The van der Waals surface area contributed by atoms with E-state index >= 15 is 0 Å². The average Bonchev–Trinajstić information content (AvgIpc) is 2.18. The molecule has 1 aromatic carbocycles. The molecule has 1 amide bonds.